The number of methoxy groups -OCH3 is 2. The Morgan fingerprint density at radius 2 is 1.50 bits per heavy atom. The van der Waals surface area contributed by atoms with Gasteiger partial charge >= 0.3 is 0 Å². The highest BCUT2D eigenvalue weighted by Gasteiger charge is 2.08. The summed E-state index contributed by atoms with van der Waals surface area (Å²) in [5.74, 6) is 0.773. The minimum Gasteiger partial charge on any atom is -0.504 e. The summed E-state index contributed by atoms with van der Waals surface area (Å²) in [7, 11) is 2.96. The number of nitrogens with one attached hydrogen (secondary N) is 1. The average molecular weight is 331 g/mol. The first-order valence-corrected chi connectivity index (χ1v) is 7.52. The van der Waals surface area contributed by atoms with Gasteiger partial charge in [0.25, 0.3) is 0 Å². The maximum Gasteiger partial charge on any atom is 0.224 e. The summed E-state index contributed by atoms with van der Waals surface area (Å²) in [6.45, 7) is 0.474. The molecule has 0 aliphatic heterocycles. The first-order chi connectivity index (χ1) is 11.5. The third-order valence-electron chi connectivity index (χ3n) is 3.59. The highest BCUT2D eigenvalue weighted by atomic mass is 16.5. The van der Waals surface area contributed by atoms with Crippen molar-refractivity contribution in [3.63, 3.8) is 0 Å². The molecule has 0 saturated carbocycles. The summed E-state index contributed by atoms with van der Waals surface area (Å²) in [6.07, 6.45) is 0.830. The minimum absolute atomic E-state index is 0.0444. The zero-order chi connectivity index (χ0) is 17.5. The number of hydrogen-bond donors (Lipinski definition) is 3. The summed E-state index contributed by atoms with van der Waals surface area (Å²) < 4.78 is 10.1. The van der Waals surface area contributed by atoms with Gasteiger partial charge in [-0.3, -0.25) is 4.79 Å². The van der Waals surface area contributed by atoms with Gasteiger partial charge < -0.3 is 25.0 Å². The van der Waals surface area contributed by atoms with E-state index in [-0.39, 0.29) is 23.8 Å². The molecule has 0 bridgehead atoms. The standard InChI is InChI=1S/C18H21NO5/c1-23-16-9-12(3-5-14(16)20)7-8-19-18(22)11-13-4-6-15(21)17(10-13)24-2/h3-6,9-10,20-21H,7-8,11H2,1-2H3,(H,19,22). The van der Waals surface area contributed by atoms with Crippen molar-refractivity contribution in [3.8, 4) is 23.0 Å². The molecule has 0 heterocycles. The van der Waals surface area contributed by atoms with Crippen LogP contribution in [0.4, 0.5) is 0 Å². The van der Waals surface area contributed by atoms with Crippen LogP contribution in [0, 0.1) is 0 Å². The molecule has 0 aliphatic carbocycles. The van der Waals surface area contributed by atoms with E-state index in [2.05, 4.69) is 5.32 Å². The Morgan fingerprint density at radius 3 is 2.08 bits per heavy atom. The van der Waals surface area contributed by atoms with E-state index in [9.17, 15) is 15.0 Å². The fourth-order valence-corrected chi connectivity index (χ4v) is 2.30. The lowest BCUT2D eigenvalue weighted by atomic mass is 10.1. The smallest absolute Gasteiger partial charge is 0.224 e. The second-order valence-corrected chi connectivity index (χ2v) is 5.29. The third-order valence-corrected chi connectivity index (χ3v) is 3.59. The molecule has 0 unspecified atom stereocenters. The van der Waals surface area contributed by atoms with Crippen molar-refractivity contribution in [2.24, 2.45) is 0 Å². The maximum absolute atomic E-state index is 12.0. The van der Waals surface area contributed by atoms with Crippen LogP contribution >= 0.6 is 0 Å². The average Bonchev–Trinajstić information content (AvgIpc) is 2.58. The van der Waals surface area contributed by atoms with Gasteiger partial charge in [-0.25, -0.2) is 0 Å². The van der Waals surface area contributed by atoms with Gasteiger partial charge in [0.1, 0.15) is 0 Å². The number of benzene rings is 2. The highest BCUT2D eigenvalue weighted by molar-refractivity contribution is 5.78. The van der Waals surface area contributed by atoms with Gasteiger partial charge in [0.2, 0.25) is 5.91 Å². The normalized spacial score (nSPS) is 10.2. The van der Waals surface area contributed by atoms with Gasteiger partial charge in [-0.1, -0.05) is 12.1 Å². The molecule has 1 amide bonds. The summed E-state index contributed by atoms with van der Waals surface area (Å²) in [4.78, 5) is 12.0. The number of amides is 1. The second-order valence-electron chi connectivity index (χ2n) is 5.29. The van der Waals surface area contributed by atoms with Gasteiger partial charge in [0.05, 0.1) is 20.6 Å². The van der Waals surface area contributed by atoms with Gasteiger partial charge in [-0.15, -0.1) is 0 Å². The molecular weight excluding hydrogens is 310 g/mol. The van der Waals surface area contributed by atoms with Crippen LogP contribution in [0.2, 0.25) is 0 Å². The molecule has 6 nitrogen and oxygen atoms in total. The Labute approximate surface area is 140 Å². The van der Waals surface area contributed by atoms with Crippen LogP contribution in [0.5, 0.6) is 23.0 Å². The van der Waals surface area contributed by atoms with Gasteiger partial charge in [0.15, 0.2) is 23.0 Å². The lowest BCUT2D eigenvalue weighted by Gasteiger charge is -2.09. The van der Waals surface area contributed by atoms with E-state index in [1.165, 1.54) is 20.3 Å². The molecule has 24 heavy (non-hydrogen) atoms. The van der Waals surface area contributed by atoms with E-state index in [1.54, 1.807) is 30.3 Å². The predicted molar refractivity (Wildman–Crippen MR) is 89.7 cm³/mol. The van der Waals surface area contributed by atoms with Gasteiger partial charge in [0, 0.05) is 6.54 Å². The van der Waals surface area contributed by atoms with E-state index in [4.69, 9.17) is 9.47 Å². The quantitative estimate of drug-likeness (QED) is 0.722. The van der Waals surface area contributed by atoms with Crippen molar-refractivity contribution < 1.29 is 24.5 Å². The van der Waals surface area contributed by atoms with Crippen molar-refractivity contribution in [1.29, 1.82) is 0 Å². The first-order valence-electron chi connectivity index (χ1n) is 7.52. The fraction of sp³-hybridized carbons (Fsp3) is 0.278. The zero-order valence-electron chi connectivity index (χ0n) is 13.7. The summed E-state index contributed by atoms with van der Waals surface area (Å²) >= 11 is 0. The van der Waals surface area contributed by atoms with E-state index in [1.807, 2.05) is 0 Å². The molecule has 0 spiro atoms. The van der Waals surface area contributed by atoms with Crippen LogP contribution in [-0.2, 0) is 17.6 Å². The number of phenolic OH excluding ortho intramolecular Hbond substituents is 2. The SMILES string of the molecule is COc1cc(CCNC(=O)Cc2ccc(O)c(OC)c2)ccc1O. The Hall–Kier alpha value is -2.89. The summed E-state index contributed by atoms with van der Waals surface area (Å²) in [6, 6.07) is 9.92. The minimum atomic E-state index is -0.117. The lowest BCUT2D eigenvalue weighted by molar-refractivity contribution is -0.120. The predicted octanol–water partition coefficient (Wildman–Crippen LogP) is 2.02. The van der Waals surface area contributed by atoms with Crippen molar-refractivity contribution in [2.75, 3.05) is 20.8 Å². The number of ether oxygens (including phenoxy) is 2. The Bertz CT molecular complexity index is 715. The summed E-state index contributed by atoms with van der Waals surface area (Å²) in [5.41, 5.74) is 1.71. The number of phenols is 2. The fourth-order valence-electron chi connectivity index (χ4n) is 2.30. The van der Waals surface area contributed by atoms with Crippen LogP contribution in [0.3, 0.4) is 0 Å². The second kappa shape index (κ2) is 8.10. The molecule has 0 fully saturated rings. The van der Waals surface area contributed by atoms with Crippen LogP contribution in [0.1, 0.15) is 11.1 Å². The van der Waals surface area contributed by atoms with Crippen LogP contribution in [-0.4, -0.2) is 36.9 Å². The van der Waals surface area contributed by atoms with Crippen molar-refractivity contribution >= 4 is 5.91 Å². The molecular formula is C18H21NO5. The number of carbonyl (C=O) groups is 1. The lowest BCUT2D eigenvalue weighted by Crippen LogP contribution is -2.27. The van der Waals surface area contributed by atoms with Crippen molar-refractivity contribution in [2.45, 2.75) is 12.8 Å². The molecule has 3 N–H and O–H groups in total. The molecule has 2 aromatic rings. The van der Waals surface area contributed by atoms with E-state index in [0.29, 0.717) is 24.5 Å². The molecule has 2 aromatic carbocycles. The van der Waals surface area contributed by atoms with Crippen molar-refractivity contribution in [3.05, 3.63) is 47.5 Å². The van der Waals surface area contributed by atoms with Gasteiger partial charge in [-0.05, 0) is 41.8 Å². The number of carbonyl (C=O) groups excluding carboxylic acids is 1. The molecule has 2 rings (SSSR count). The molecule has 0 saturated heterocycles. The molecule has 0 aromatic heterocycles. The van der Waals surface area contributed by atoms with Crippen LogP contribution in [0.25, 0.3) is 0 Å². The molecule has 0 atom stereocenters. The number of hydrogen-bond acceptors (Lipinski definition) is 5. The Kier molecular flexibility index (Phi) is 5.89. The van der Waals surface area contributed by atoms with Crippen LogP contribution in [0.15, 0.2) is 36.4 Å². The monoisotopic (exact) mass is 331 g/mol. The van der Waals surface area contributed by atoms with Crippen molar-refractivity contribution in [1.82, 2.24) is 5.32 Å². The molecule has 6 heteroatoms. The number of rotatable bonds is 7. The van der Waals surface area contributed by atoms with Gasteiger partial charge in [-0.2, -0.15) is 0 Å². The van der Waals surface area contributed by atoms with E-state index < -0.39 is 0 Å². The molecule has 0 radical (unpaired) electrons. The summed E-state index contributed by atoms with van der Waals surface area (Å²) in [5, 5.41) is 21.9. The maximum atomic E-state index is 12.0. The Morgan fingerprint density at radius 1 is 0.958 bits per heavy atom. The molecule has 128 valence electrons. The first kappa shape index (κ1) is 17.5. The zero-order valence-corrected chi connectivity index (χ0v) is 13.7. The van der Waals surface area contributed by atoms with E-state index in [0.717, 1.165) is 11.1 Å². The molecule has 0 aliphatic rings. The topological polar surface area (TPSA) is 88.0 Å². The number of aromatic hydroxyl groups is 2. The Balaban J connectivity index is 1.85. The van der Waals surface area contributed by atoms with Crippen LogP contribution < -0.4 is 14.8 Å². The highest BCUT2D eigenvalue weighted by Crippen LogP contribution is 2.27. The largest absolute Gasteiger partial charge is 0.504 e. The van der Waals surface area contributed by atoms with E-state index >= 15 is 0 Å². The third kappa shape index (κ3) is 4.55.